The third-order valence-electron chi connectivity index (χ3n) is 8.11. The summed E-state index contributed by atoms with van der Waals surface area (Å²) in [4.78, 5) is 34.7. The fraction of sp³-hybridized carbons (Fsp3) is 0.571. The summed E-state index contributed by atoms with van der Waals surface area (Å²) in [6.07, 6.45) is 10.1. The third kappa shape index (κ3) is 5.97. The molecule has 0 bridgehead atoms. The lowest BCUT2D eigenvalue weighted by molar-refractivity contribution is -0.138. The number of carbonyl (C=O) groups excluding carboxylic acids is 1. The first kappa shape index (κ1) is 25.3. The van der Waals surface area contributed by atoms with E-state index in [0.29, 0.717) is 25.0 Å². The highest BCUT2D eigenvalue weighted by atomic mass is 16.5. The predicted octanol–water partition coefficient (Wildman–Crippen LogP) is 4.81. The summed E-state index contributed by atoms with van der Waals surface area (Å²) >= 11 is 0. The van der Waals surface area contributed by atoms with Gasteiger partial charge in [-0.1, -0.05) is 37.8 Å². The van der Waals surface area contributed by atoms with E-state index >= 15 is 0 Å². The number of ether oxygens (including phenoxy) is 2. The van der Waals surface area contributed by atoms with Gasteiger partial charge in [-0.15, -0.1) is 0 Å². The minimum Gasteiger partial charge on any atom is -0.481 e. The Labute approximate surface area is 217 Å². The molecule has 1 amide bonds. The van der Waals surface area contributed by atoms with Crippen molar-refractivity contribution in [3.63, 3.8) is 0 Å². The van der Waals surface area contributed by atoms with Gasteiger partial charge in [0.05, 0.1) is 13.2 Å². The number of aliphatic carboxylic acids is 1. The largest absolute Gasteiger partial charge is 0.481 e. The van der Waals surface area contributed by atoms with E-state index in [1.165, 1.54) is 31.2 Å². The van der Waals surface area contributed by atoms with Crippen molar-refractivity contribution in [2.24, 2.45) is 11.8 Å². The van der Waals surface area contributed by atoms with Crippen LogP contribution in [0.25, 0.3) is 0 Å². The van der Waals surface area contributed by atoms with Crippen LogP contribution in [0.3, 0.4) is 0 Å². The van der Waals surface area contributed by atoms with E-state index in [-0.39, 0.29) is 48.1 Å². The first-order chi connectivity index (χ1) is 18.0. The summed E-state index contributed by atoms with van der Waals surface area (Å²) in [5.41, 5.74) is 8.36. The van der Waals surface area contributed by atoms with Gasteiger partial charge in [-0.3, -0.25) is 9.59 Å². The van der Waals surface area contributed by atoms with Gasteiger partial charge in [0, 0.05) is 12.1 Å². The number of benzene rings is 1. The molecule has 0 unspecified atom stereocenters. The summed E-state index contributed by atoms with van der Waals surface area (Å²) in [6, 6.07) is 8.20. The average molecular weight is 509 g/mol. The molecule has 2 heterocycles. The van der Waals surface area contributed by atoms with E-state index < -0.39 is 5.97 Å². The van der Waals surface area contributed by atoms with Gasteiger partial charge in [0.25, 0.3) is 5.91 Å². The molecule has 9 nitrogen and oxygen atoms in total. The molecule has 2 saturated carbocycles. The van der Waals surface area contributed by atoms with Crippen molar-refractivity contribution in [2.45, 2.75) is 70.1 Å². The number of amides is 1. The Morgan fingerprint density at radius 1 is 1.05 bits per heavy atom. The zero-order valence-electron chi connectivity index (χ0n) is 21.2. The fourth-order valence-corrected chi connectivity index (χ4v) is 6.01. The van der Waals surface area contributed by atoms with E-state index in [2.05, 4.69) is 22.1 Å². The van der Waals surface area contributed by atoms with Crippen LogP contribution >= 0.6 is 0 Å². The second-order valence-corrected chi connectivity index (χ2v) is 10.6. The molecule has 3 aliphatic rings. The molecule has 2 aromatic rings. The SMILES string of the molecule is Nc1nc(OCCC2CCCC2)nc2c1C(=O)N(c1ccc(C3CCC(CC(=O)O)CC3)cc1)CCO2. The second-order valence-electron chi connectivity index (χ2n) is 10.6. The molecule has 37 heavy (non-hydrogen) atoms. The number of carboxylic acids is 1. The summed E-state index contributed by atoms with van der Waals surface area (Å²) in [5.74, 6) is 0.618. The Morgan fingerprint density at radius 2 is 1.78 bits per heavy atom. The van der Waals surface area contributed by atoms with Crippen LogP contribution in [-0.2, 0) is 4.79 Å². The number of carbonyl (C=O) groups is 2. The molecule has 1 aliphatic heterocycles. The van der Waals surface area contributed by atoms with Crippen molar-refractivity contribution >= 4 is 23.4 Å². The quantitative estimate of drug-likeness (QED) is 0.520. The van der Waals surface area contributed by atoms with Crippen LogP contribution in [0.15, 0.2) is 24.3 Å². The lowest BCUT2D eigenvalue weighted by Gasteiger charge is -2.28. The molecule has 0 radical (unpaired) electrons. The molecule has 0 spiro atoms. The zero-order chi connectivity index (χ0) is 25.8. The van der Waals surface area contributed by atoms with Gasteiger partial charge in [0.1, 0.15) is 18.0 Å². The smallest absolute Gasteiger partial charge is 0.321 e. The van der Waals surface area contributed by atoms with E-state index in [1.54, 1.807) is 4.90 Å². The molecule has 5 rings (SSSR count). The Balaban J connectivity index is 1.24. The molecule has 9 heteroatoms. The summed E-state index contributed by atoms with van der Waals surface area (Å²) in [6.45, 7) is 1.18. The van der Waals surface area contributed by atoms with Crippen LogP contribution in [0.4, 0.5) is 11.5 Å². The lowest BCUT2D eigenvalue weighted by Crippen LogP contribution is -2.32. The normalized spacial score (nSPS) is 22.3. The van der Waals surface area contributed by atoms with Crippen LogP contribution in [-0.4, -0.2) is 46.7 Å². The number of nitrogen functional groups attached to an aromatic ring is 1. The number of nitrogens with zero attached hydrogens (tertiary/aromatic N) is 3. The lowest BCUT2D eigenvalue weighted by atomic mass is 9.77. The van der Waals surface area contributed by atoms with Crippen LogP contribution in [0.2, 0.25) is 0 Å². The van der Waals surface area contributed by atoms with Crippen LogP contribution in [0, 0.1) is 11.8 Å². The Bertz CT molecular complexity index is 1110. The van der Waals surface area contributed by atoms with Gasteiger partial charge in [-0.05, 0) is 67.6 Å². The van der Waals surface area contributed by atoms with E-state index in [9.17, 15) is 9.59 Å². The maximum atomic E-state index is 13.5. The molecule has 198 valence electrons. The standard InChI is InChI=1S/C28H36N4O5/c29-25-24-26(31-28(30-25)37-15-13-18-3-1-2-4-18)36-16-14-32(27(24)35)22-11-9-21(10-12-22)20-7-5-19(6-8-20)17-23(33)34/h9-12,18-20H,1-8,13-17H2,(H,33,34)(H2,29,30,31). The van der Waals surface area contributed by atoms with Crippen molar-refractivity contribution < 1.29 is 24.2 Å². The monoisotopic (exact) mass is 508 g/mol. The highest BCUT2D eigenvalue weighted by Crippen LogP contribution is 2.38. The molecular weight excluding hydrogens is 472 g/mol. The van der Waals surface area contributed by atoms with Gasteiger partial charge in [-0.2, -0.15) is 9.97 Å². The minimum absolute atomic E-state index is 0.0625. The van der Waals surface area contributed by atoms with Crippen molar-refractivity contribution in [2.75, 3.05) is 30.4 Å². The minimum atomic E-state index is -0.713. The van der Waals surface area contributed by atoms with E-state index in [1.807, 2.05) is 12.1 Å². The number of carboxylic acid groups (broad SMARTS) is 1. The summed E-state index contributed by atoms with van der Waals surface area (Å²) in [7, 11) is 0. The van der Waals surface area contributed by atoms with Gasteiger partial charge >= 0.3 is 12.0 Å². The number of hydrogen-bond donors (Lipinski definition) is 2. The fourth-order valence-electron chi connectivity index (χ4n) is 6.01. The number of fused-ring (bicyclic) bond motifs is 1. The number of nitrogens with two attached hydrogens (primary N) is 1. The van der Waals surface area contributed by atoms with Crippen molar-refractivity contribution in [1.82, 2.24) is 9.97 Å². The molecule has 1 aromatic heterocycles. The second kappa shape index (κ2) is 11.4. The number of anilines is 2. The van der Waals surface area contributed by atoms with Crippen LogP contribution in [0.5, 0.6) is 11.9 Å². The third-order valence-corrected chi connectivity index (χ3v) is 8.11. The topological polar surface area (TPSA) is 128 Å². The van der Waals surface area contributed by atoms with Crippen molar-refractivity contribution in [3.8, 4) is 11.9 Å². The first-order valence-corrected chi connectivity index (χ1v) is 13.5. The van der Waals surface area contributed by atoms with Gasteiger partial charge in [-0.25, -0.2) is 0 Å². The number of aromatic nitrogens is 2. The van der Waals surface area contributed by atoms with Gasteiger partial charge in [0.15, 0.2) is 0 Å². The molecule has 0 saturated heterocycles. The molecule has 1 aromatic carbocycles. The van der Waals surface area contributed by atoms with Crippen LogP contribution < -0.4 is 20.1 Å². The maximum Gasteiger partial charge on any atom is 0.321 e. The highest BCUT2D eigenvalue weighted by molar-refractivity contribution is 6.10. The Morgan fingerprint density at radius 3 is 2.49 bits per heavy atom. The Hall–Kier alpha value is -3.36. The van der Waals surface area contributed by atoms with Crippen molar-refractivity contribution in [1.29, 1.82) is 0 Å². The maximum absolute atomic E-state index is 13.5. The molecule has 0 atom stereocenters. The number of rotatable bonds is 8. The first-order valence-electron chi connectivity index (χ1n) is 13.5. The summed E-state index contributed by atoms with van der Waals surface area (Å²) in [5, 5.41) is 9.04. The average Bonchev–Trinajstić information content (AvgIpc) is 3.34. The molecule has 3 N–H and O–H groups in total. The van der Waals surface area contributed by atoms with Gasteiger partial charge in [0.2, 0.25) is 5.88 Å². The Kier molecular flexibility index (Phi) is 7.76. The zero-order valence-corrected chi connectivity index (χ0v) is 21.2. The van der Waals surface area contributed by atoms with E-state index in [4.69, 9.17) is 20.3 Å². The highest BCUT2D eigenvalue weighted by Gasteiger charge is 2.31. The molecule has 2 fully saturated rings. The van der Waals surface area contributed by atoms with E-state index in [0.717, 1.165) is 37.8 Å². The number of hydrogen-bond acceptors (Lipinski definition) is 7. The molecular formula is C28H36N4O5. The van der Waals surface area contributed by atoms with Crippen LogP contribution in [0.1, 0.15) is 86.0 Å². The molecule has 2 aliphatic carbocycles. The summed E-state index contributed by atoms with van der Waals surface area (Å²) < 4.78 is 11.6. The predicted molar refractivity (Wildman–Crippen MR) is 139 cm³/mol. The van der Waals surface area contributed by atoms with Gasteiger partial charge < -0.3 is 25.2 Å². The van der Waals surface area contributed by atoms with Crippen molar-refractivity contribution in [3.05, 3.63) is 35.4 Å².